The molecule has 13 heavy (non-hydrogen) atoms. The van der Waals surface area contributed by atoms with Crippen molar-refractivity contribution in [2.45, 2.75) is 6.54 Å². The molecular formula is C8H14Cl2N2O. The van der Waals surface area contributed by atoms with Gasteiger partial charge in [-0.3, -0.25) is 4.98 Å². The summed E-state index contributed by atoms with van der Waals surface area (Å²) in [4.78, 5) is 4.15. The maximum Gasteiger partial charge on any atom is 0.141 e. The minimum Gasteiger partial charge on any atom is -0.495 e. The predicted octanol–water partition coefficient (Wildman–Crippen LogP) is 1.65. The molecule has 1 rings (SSSR count). The Bertz CT molecular complexity index is 233. The first-order chi connectivity index (χ1) is 5.38. The van der Waals surface area contributed by atoms with E-state index in [1.54, 1.807) is 13.3 Å². The zero-order valence-electron chi connectivity index (χ0n) is 7.61. The molecule has 1 heterocycles. The topological polar surface area (TPSA) is 34.2 Å². The molecule has 0 aliphatic heterocycles. The van der Waals surface area contributed by atoms with Crippen LogP contribution in [0.4, 0.5) is 0 Å². The minimum absolute atomic E-state index is 0. The Balaban J connectivity index is 0. The number of nitrogens with one attached hydrogen (secondary N) is 1. The van der Waals surface area contributed by atoms with Crippen LogP contribution in [0.3, 0.4) is 0 Å². The summed E-state index contributed by atoms with van der Waals surface area (Å²) in [6, 6.07) is 3.76. The summed E-state index contributed by atoms with van der Waals surface area (Å²) in [6.45, 7) is 0.740. The van der Waals surface area contributed by atoms with E-state index in [0.29, 0.717) is 0 Å². The van der Waals surface area contributed by atoms with Crippen molar-refractivity contribution in [2.75, 3.05) is 14.2 Å². The zero-order valence-corrected chi connectivity index (χ0v) is 9.24. The molecule has 0 aromatic carbocycles. The second kappa shape index (κ2) is 8.10. The highest BCUT2D eigenvalue weighted by molar-refractivity contribution is 5.85. The molecular weight excluding hydrogens is 211 g/mol. The predicted molar refractivity (Wildman–Crippen MR) is 58.0 cm³/mol. The van der Waals surface area contributed by atoms with Gasteiger partial charge in [0.15, 0.2) is 0 Å². The highest BCUT2D eigenvalue weighted by atomic mass is 35.5. The van der Waals surface area contributed by atoms with Gasteiger partial charge in [0.2, 0.25) is 0 Å². The van der Waals surface area contributed by atoms with Crippen LogP contribution < -0.4 is 10.1 Å². The van der Waals surface area contributed by atoms with Crippen LogP contribution in [0.25, 0.3) is 0 Å². The number of pyridine rings is 1. The third-order valence-corrected chi connectivity index (χ3v) is 1.41. The van der Waals surface area contributed by atoms with E-state index in [-0.39, 0.29) is 24.8 Å². The molecule has 76 valence electrons. The number of ether oxygens (including phenoxy) is 1. The van der Waals surface area contributed by atoms with E-state index in [1.807, 2.05) is 19.2 Å². The molecule has 0 fully saturated rings. The van der Waals surface area contributed by atoms with Crippen LogP contribution in [-0.2, 0) is 6.54 Å². The first-order valence-electron chi connectivity index (χ1n) is 3.51. The van der Waals surface area contributed by atoms with Crippen LogP contribution in [0, 0.1) is 0 Å². The molecule has 0 bridgehead atoms. The van der Waals surface area contributed by atoms with Crippen LogP contribution in [0.2, 0.25) is 0 Å². The monoisotopic (exact) mass is 224 g/mol. The van der Waals surface area contributed by atoms with Gasteiger partial charge in [-0.05, 0) is 19.2 Å². The third kappa shape index (κ3) is 4.31. The molecule has 0 aliphatic carbocycles. The van der Waals surface area contributed by atoms with Crippen LogP contribution in [0.1, 0.15) is 5.69 Å². The summed E-state index contributed by atoms with van der Waals surface area (Å²) in [6.07, 6.45) is 1.76. The molecule has 0 spiro atoms. The largest absolute Gasteiger partial charge is 0.495 e. The van der Waals surface area contributed by atoms with Gasteiger partial charge in [-0.2, -0.15) is 0 Å². The van der Waals surface area contributed by atoms with Gasteiger partial charge in [-0.1, -0.05) is 0 Å². The highest BCUT2D eigenvalue weighted by Crippen LogP contribution is 2.13. The summed E-state index contributed by atoms with van der Waals surface area (Å²) in [5.74, 6) is 0.835. The van der Waals surface area contributed by atoms with Gasteiger partial charge in [0.05, 0.1) is 12.8 Å². The van der Waals surface area contributed by atoms with E-state index in [9.17, 15) is 0 Å². The van der Waals surface area contributed by atoms with Gasteiger partial charge in [0, 0.05) is 12.7 Å². The number of aromatic nitrogens is 1. The van der Waals surface area contributed by atoms with Gasteiger partial charge in [-0.25, -0.2) is 0 Å². The lowest BCUT2D eigenvalue weighted by atomic mass is 10.3. The van der Waals surface area contributed by atoms with Crippen molar-refractivity contribution in [2.24, 2.45) is 0 Å². The Morgan fingerprint density at radius 3 is 2.69 bits per heavy atom. The first kappa shape index (κ1) is 15.0. The number of nitrogens with zero attached hydrogens (tertiary/aromatic N) is 1. The number of methoxy groups -OCH3 is 1. The quantitative estimate of drug-likeness (QED) is 0.849. The van der Waals surface area contributed by atoms with Gasteiger partial charge in [0.1, 0.15) is 5.75 Å². The molecule has 0 saturated heterocycles. The van der Waals surface area contributed by atoms with Crippen molar-refractivity contribution >= 4 is 24.8 Å². The van der Waals surface area contributed by atoms with E-state index in [1.165, 1.54) is 0 Å². The summed E-state index contributed by atoms with van der Waals surface area (Å²) in [7, 11) is 3.53. The number of hydrogen-bond donors (Lipinski definition) is 1. The molecule has 0 aliphatic rings. The smallest absolute Gasteiger partial charge is 0.141 e. The second-order valence-corrected chi connectivity index (χ2v) is 2.18. The van der Waals surface area contributed by atoms with Gasteiger partial charge < -0.3 is 10.1 Å². The standard InChI is InChI=1S/C8H12N2O.2ClH/c1-9-6-7-8(11-2)4-3-5-10-7;;/h3-5,9H,6H2,1-2H3;2*1H. The van der Waals surface area contributed by atoms with Crippen molar-refractivity contribution < 1.29 is 4.74 Å². The van der Waals surface area contributed by atoms with Crippen LogP contribution >= 0.6 is 24.8 Å². The number of rotatable bonds is 3. The molecule has 0 atom stereocenters. The summed E-state index contributed by atoms with van der Waals surface area (Å²) < 4.78 is 5.10. The summed E-state index contributed by atoms with van der Waals surface area (Å²) in [5, 5.41) is 3.02. The Morgan fingerprint density at radius 2 is 2.15 bits per heavy atom. The van der Waals surface area contributed by atoms with E-state index in [0.717, 1.165) is 18.0 Å². The Labute approximate surface area is 90.7 Å². The number of halogens is 2. The van der Waals surface area contributed by atoms with Crippen molar-refractivity contribution in [3.8, 4) is 5.75 Å². The van der Waals surface area contributed by atoms with Crippen molar-refractivity contribution in [1.82, 2.24) is 10.3 Å². The molecule has 0 saturated carbocycles. The minimum atomic E-state index is 0. The molecule has 0 unspecified atom stereocenters. The summed E-state index contributed by atoms with van der Waals surface area (Å²) in [5.41, 5.74) is 0.942. The molecule has 1 N–H and O–H groups in total. The molecule has 0 radical (unpaired) electrons. The average Bonchev–Trinajstić information content (AvgIpc) is 2.06. The normalized spacial score (nSPS) is 8.15. The Kier molecular flexibility index (Phi) is 9.34. The Hall–Kier alpha value is -0.510. The lowest BCUT2D eigenvalue weighted by Gasteiger charge is -2.04. The van der Waals surface area contributed by atoms with Crippen molar-refractivity contribution in [3.05, 3.63) is 24.0 Å². The molecule has 1 aromatic heterocycles. The van der Waals surface area contributed by atoms with Gasteiger partial charge in [-0.15, -0.1) is 24.8 Å². The lowest BCUT2D eigenvalue weighted by Crippen LogP contribution is -2.08. The maximum atomic E-state index is 5.10. The van der Waals surface area contributed by atoms with E-state index >= 15 is 0 Å². The van der Waals surface area contributed by atoms with Crippen molar-refractivity contribution in [3.63, 3.8) is 0 Å². The zero-order chi connectivity index (χ0) is 8.10. The molecule has 3 nitrogen and oxygen atoms in total. The molecule has 0 amide bonds. The second-order valence-electron chi connectivity index (χ2n) is 2.18. The van der Waals surface area contributed by atoms with Crippen molar-refractivity contribution in [1.29, 1.82) is 0 Å². The van der Waals surface area contributed by atoms with Crippen LogP contribution in [-0.4, -0.2) is 19.1 Å². The maximum absolute atomic E-state index is 5.10. The fraction of sp³-hybridized carbons (Fsp3) is 0.375. The van der Waals surface area contributed by atoms with Crippen LogP contribution in [0.15, 0.2) is 18.3 Å². The first-order valence-corrected chi connectivity index (χ1v) is 3.51. The third-order valence-electron chi connectivity index (χ3n) is 1.41. The highest BCUT2D eigenvalue weighted by Gasteiger charge is 1.99. The fourth-order valence-corrected chi connectivity index (χ4v) is 0.909. The lowest BCUT2D eigenvalue weighted by molar-refractivity contribution is 0.405. The van der Waals surface area contributed by atoms with Gasteiger partial charge in [0.25, 0.3) is 0 Å². The summed E-state index contributed by atoms with van der Waals surface area (Å²) >= 11 is 0. The van der Waals surface area contributed by atoms with E-state index in [2.05, 4.69) is 10.3 Å². The van der Waals surface area contributed by atoms with E-state index in [4.69, 9.17) is 4.74 Å². The molecule has 1 aromatic rings. The van der Waals surface area contributed by atoms with E-state index < -0.39 is 0 Å². The Morgan fingerprint density at radius 1 is 1.46 bits per heavy atom. The molecule has 5 heteroatoms. The average molecular weight is 225 g/mol. The van der Waals surface area contributed by atoms with Gasteiger partial charge >= 0.3 is 0 Å². The fourth-order valence-electron chi connectivity index (χ4n) is 0.909. The SMILES string of the molecule is CNCc1ncccc1OC.Cl.Cl. The van der Waals surface area contributed by atoms with Crippen LogP contribution in [0.5, 0.6) is 5.75 Å². The number of hydrogen-bond acceptors (Lipinski definition) is 3.